The van der Waals surface area contributed by atoms with Crippen LogP contribution in [0.3, 0.4) is 0 Å². The molecule has 0 bridgehead atoms. The van der Waals surface area contributed by atoms with Crippen molar-refractivity contribution in [1.29, 1.82) is 0 Å². The van der Waals surface area contributed by atoms with Crippen molar-refractivity contribution in [3.8, 4) is 0 Å². The number of aromatic nitrogens is 2. The molecule has 0 amide bonds. The van der Waals surface area contributed by atoms with Crippen LogP contribution in [-0.2, 0) is 6.54 Å². The molecule has 1 aliphatic rings. The van der Waals surface area contributed by atoms with Gasteiger partial charge in [-0.15, -0.1) is 11.6 Å². The molecule has 0 radical (unpaired) electrons. The predicted octanol–water partition coefficient (Wildman–Crippen LogP) is 3.06. The first-order valence-electron chi connectivity index (χ1n) is 6.52. The molecule has 0 spiro atoms. The van der Waals surface area contributed by atoms with E-state index in [1.807, 2.05) is 6.92 Å². The van der Waals surface area contributed by atoms with Crippen LogP contribution in [0.5, 0.6) is 0 Å². The van der Waals surface area contributed by atoms with Gasteiger partial charge in [-0.25, -0.2) is 0 Å². The summed E-state index contributed by atoms with van der Waals surface area (Å²) in [6, 6.07) is 2.77. The molecular weight excluding hydrogens is 234 g/mol. The van der Waals surface area contributed by atoms with Gasteiger partial charge in [-0.05, 0) is 32.9 Å². The van der Waals surface area contributed by atoms with E-state index in [1.54, 1.807) is 0 Å². The number of hydrogen-bond acceptors (Lipinski definition) is 2. The maximum atomic E-state index is 5.98. The molecule has 17 heavy (non-hydrogen) atoms. The second-order valence-electron chi connectivity index (χ2n) is 5.20. The van der Waals surface area contributed by atoms with Gasteiger partial charge >= 0.3 is 0 Å². The number of hydrogen-bond donors (Lipinski definition) is 0. The maximum Gasteiger partial charge on any atom is 0.0764 e. The van der Waals surface area contributed by atoms with Gasteiger partial charge in [0.25, 0.3) is 0 Å². The third-order valence-electron chi connectivity index (χ3n) is 3.36. The van der Waals surface area contributed by atoms with Crippen molar-refractivity contribution in [3.63, 3.8) is 0 Å². The molecule has 1 aromatic rings. The van der Waals surface area contributed by atoms with Gasteiger partial charge in [0.2, 0.25) is 0 Å². The Balaban J connectivity index is 1.89. The molecule has 1 aromatic heterocycles. The summed E-state index contributed by atoms with van der Waals surface area (Å²) < 4.78 is 2.15. The Morgan fingerprint density at radius 2 is 2.24 bits per heavy atom. The summed E-state index contributed by atoms with van der Waals surface area (Å²) in [6.07, 6.45) is 7.40. The summed E-state index contributed by atoms with van der Waals surface area (Å²) in [5.74, 6) is 0. The fraction of sp³-hybridized carbons (Fsp3) is 0.769. The molecule has 3 nitrogen and oxygen atoms in total. The molecule has 0 N–H and O–H groups in total. The number of halogens is 1. The normalized spacial score (nSPS) is 19.1. The predicted molar refractivity (Wildman–Crippen MR) is 71.4 cm³/mol. The standard InChI is InChI=1S/C13H22ClN3/c1-11(14)9-16(2)10-12-7-8-17(15-12)13-5-3-4-6-13/h7-8,11,13H,3-6,9-10H2,1-2H3. The molecule has 1 atom stereocenters. The highest BCUT2D eigenvalue weighted by molar-refractivity contribution is 6.20. The highest BCUT2D eigenvalue weighted by Crippen LogP contribution is 2.28. The zero-order valence-corrected chi connectivity index (χ0v) is 11.5. The van der Waals surface area contributed by atoms with Gasteiger partial charge in [0.05, 0.1) is 11.7 Å². The van der Waals surface area contributed by atoms with Crippen LogP contribution in [0.25, 0.3) is 0 Å². The lowest BCUT2D eigenvalue weighted by Crippen LogP contribution is -2.24. The average molecular weight is 256 g/mol. The molecule has 2 rings (SSSR count). The van der Waals surface area contributed by atoms with E-state index < -0.39 is 0 Å². The minimum Gasteiger partial charge on any atom is -0.299 e. The Kier molecular flexibility index (Phi) is 4.46. The van der Waals surface area contributed by atoms with Crippen molar-refractivity contribution >= 4 is 11.6 Å². The molecule has 0 saturated heterocycles. The number of nitrogens with zero attached hydrogens (tertiary/aromatic N) is 3. The van der Waals surface area contributed by atoms with Crippen molar-refractivity contribution in [2.24, 2.45) is 0 Å². The fourth-order valence-corrected chi connectivity index (χ4v) is 2.84. The minimum atomic E-state index is 0.192. The monoisotopic (exact) mass is 255 g/mol. The zero-order valence-electron chi connectivity index (χ0n) is 10.8. The molecule has 1 fully saturated rings. The van der Waals surface area contributed by atoms with E-state index in [2.05, 4.69) is 34.0 Å². The second kappa shape index (κ2) is 5.87. The van der Waals surface area contributed by atoms with Gasteiger partial charge in [-0.1, -0.05) is 12.8 Å². The van der Waals surface area contributed by atoms with Crippen molar-refractivity contribution in [1.82, 2.24) is 14.7 Å². The van der Waals surface area contributed by atoms with Gasteiger partial charge in [0, 0.05) is 24.7 Å². The summed E-state index contributed by atoms with van der Waals surface area (Å²) >= 11 is 5.98. The van der Waals surface area contributed by atoms with E-state index in [0.717, 1.165) is 18.8 Å². The van der Waals surface area contributed by atoms with Gasteiger partial charge in [-0.2, -0.15) is 5.10 Å². The van der Waals surface area contributed by atoms with Crippen molar-refractivity contribution < 1.29 is 0 Å². The minimum absolute atomic E-state index is 0.192. The van der Waals surface area contributed by atoms with Crippen LogP contribution in [0.15, 0.2) is 12.3 Å². The quantitative estimate of drug-likeness (QED) is 0.754. The third-order valence-corrected chi connectivity index (χ3v) is 3.50. The van der Waals surface area contributed by atoms with Crippen LogP contribution in [0.1, 0.15) is 44.3 Å². The fourth-order valence-electron chi connectivity index (χ4n) is 2.60. The average Bonchev–Trinajstić information content (AvgIpc) is 2.84. The summed E-state index contributed by atoms with van der Waals surface area (Å²) in [5, 5.41) is 4.86. The first-order chi connectivity index (χ1) is 8.15. The van der Waals surface area contributed by atoms with E-state index in [4.69, 9.17) is 11.6 Å². The van der Waals surface area contributed by atoms with Crippen molar-refractivity contribution in [2.75, 3.05) is 13.6 Å². The Labute approximate surface area is 109 Å². The van der Waals surface area contributed by atoms with Gasteiger partial charge in [0.1, 0.15) is 0 Å². The van der Waals surface area contributed by atoms with E-state index in [1.165, 1.54) is 25.7 Å². The van der Waals surface area contributed by atoms with Crippen molar-refractivity contribution in [3.05, 3.63) is 18.0 Å². The number of alkyl halides is 1. The van der Waals surface area contributed by atoms with Gasteiger partial charge < -0.3 is 0 Å². The summed E-state index contributed by atoms with van der Waals surface area (Å²) in [7, 11) is 2.09. The molecule has 4 heteroatoms. The lowest BCUT2D eigenvalue weighted by atomic mass is 10.3. The maximum absolute atomic E-state index is 5.98. The first-order valence-corrected chi connectivity index (χ1v) is 6.95. The van der Waals surface area contributed by atoms with Crippen LogP contribution in [-0.4, -0.2) is 33.6 Å². The van der Waals surface area contributed by atoms with Crippen LogP contribution >= 0.6 is 11.6 Å². The van der Waals surface area contributed by atoms with E-state index in [-0.39, 0.29) is 5.38 Å². The third kappa shape index (κ3) is 3.71. The smallest absolute Gasteiger partial charge is 0.0764 e. The molecule has 96 valence electrons. The van der Waals surface area contributed by atoms with E-state index >= 15 is 0 Å². The summed E-state index contributed by atoms with van der Waals surface area (Å²) in [4.78, 5) is 2.22. The van der Waals surface area contributed by atoms with Crippen LogP contribution < -0.4 is 0 Å². The Morgan fingerprint density at radius 1 is 1.53 bits per heavy atom. The lowest BCUT2D eigenvalue weighted by Gasteiger charge is -2.16. The topological polar surface area (TPSA) is 21.1 Å². The highest BCUT2D eigenvalue weighted by atomic mass is 35.5. The molecule has 1 heterocycles. The summed E-state index contributed by atoms with van der Waals surface area (Å²) in [6.45, 7) is 3.81. The molecule has 1 unspecified atom stereocenters. The Hall–Kier alpha value is -0.540. The van der Waals surface area contributed by atoms with E-state index in [9.17, 15) is 0 Å². The Morgan fingerprint density at radius 3 is 2.88 bits per heavy atom. The Bertz CT molecular complexity index is 342. The van der Waals surface area contributed by atoms with E-state index in [0.29, 0.717) is 6.04 Å². The highest BCUT2D eigenvalue weighted by Gasteiger charge is 2.17. The second-order valence-corrected chi connectivity index (χ2v) is 5.95. The lowest BCUT2D eigenvalue weighted by molar-refractivity contribution is 0.322. The first kappa shape index (κ1) is 12.9. The van der Waals surface area contributed by atoms with Gasteiger partial charge in [0.15, 0.2) is 0 Å². The van der Waals surface area contributed by atoms with Crippen LogP contribution in [0.4, 0.5) is 0 Å². The molecule has 0 aromatic carbocycles. The number of rotatable bonds is 5. The molecular formula is C13H22ClN3. The van der Waals surface area contributed by atoms with Gasteiger partial charge in [-0.3, -0.25) is 9.58 Å². The molecule has 1 aliphatic carbocycles. The molecule has 0 aliphatic heterocycles. The van der Waals surface area contributed by atoms with Crippen LogP contribution in [0.2, 0.25) is 0 Å². The molecule has 1 saturated carbocycles. The summed E-state index contributed by atoms with van der Waals surface area (Å²) in [5.41, 5.74) is 1.15. The van der Waals surface area contributed by atoms with Crippen molar-refractivity contribution in [2.45, 2.75) is 50.6 Å². The largest absolute Gasteiger partial charge is 0.299 e. The SMILES string of the molecule is CC(Cl)CN(C)Cc1ccn(C2CCCC2)n1. The zero-order chi connectivity index (χ0) is 12.3. The van der Waals surface area contributed by atoms with Crippen LogP contribution in [0, 0.1) is 0 Å².